The maximum Gasteiger partial charge on any atom is 0.277 e. The number of benzene rings is 1. The van der Waals surface area contributed by atoms with E-state index in [9.17, 15) is 13.2 Å². The van der Waals surface area contributed by atoms with Crippen molar-refractivity contribution in [2.24, 2.45) is 5.92 Å². The van der Waals surface area contributed by atoms with Crippen LogP contribution in [0.25, 0.3) is 11.5 Å². The maximum absolute atomic E-state index is 12.8. The molecule has 170 valence electrons. The van der Waals surface area contributed by atoms with Gasteiger partial charge in [0.2, 0.25) is 21.8 Å². The summed E-state index contributed by atoms with van der Waals surface area (Å²) in [6.45, 7) is 10.0. The molecule has 3 rings (SSSR count). The average molecular weight is 467 g/mol. The van der Waals surface area contributed by atoms with Crippen molar-refractivity contribution in [2.45, 2.75) is 55.9 Å². The molecule has 2 aromatic rings. The standard InChI is InChI=1S/C21H30N4O4S2/c1-5-25(6-2)31(27,28)18-9-7-8-17(14-18)19-22-23-21(29-19)30-16(4)20(26)24-12-10-15(3)11-13-24/h7-9,14-16H,5-6,10-13H2,1-4H3. The highest BCUT2D eigenvalue weighted by molar-refractivity contribution is 8.00. The molecule has 31 heavy (non-hydrogen) atoms. The van der Waals surface area contributed by atoms with E-state index in [0.29, 0.717) is 29.8 Å². The second-order valence-electron chi connectivity index (χ2n) is 7.76. The number of nitrogens with zero attached hydrogens (tertiary/aromatic N) is 4. The van der Waals surface area contributed by atoms with Gasteiger partial charge in [-0.2, -0.15) is 4.31 Å². The van der Waals surface area contributed by atoms with Crippen LogP contribution in [-0.2, 0) is 14.8 Å². The number of aromatic nitrogens is 2. The lowest BCUT2D eigenvalue weighted by Crippen LogP contribution is -2.41. The van der Waals surface area contributed by atoms with Gasteiger partial charge in [0, 0.05) is 31.7 Å². The third-order valence-electron chi connectivity index (χ3n) is 5.55. The second kappa shape index (κ2) is 10.1. The van der Waals surface area contributed by atoms with E-state index in [1.165, 1.54) is 16.1 Å². The molecule has 10 heteroatoms. The third-order valence-corrected chi connectivity index (χ3v) is 8.52. The van der Waals surface area contributed by atoms with Crippen molar-refractivity contribution in [2.75, 3.05) is 26.2 Å². The molecule has 8 nitrogen and oxygen atoms in total. The van der Waals surface area contributed by atoms with Gasteiger partial charge in [0.1, 0.15) is 0 Å². The van der Waals surface area contributed by atoms with Crippen molar-refractivity contribution in [1.29, 1.82) is 0 Å². The van der Waals surface area contributed by atoms with E-state index < -0.39 is 10.0 Å². The molecule has 0 radical (unpaired) electrons. The van der Waals surface area contributed by atoms with Crippen LogP contribution in [-0.4, -0.2) is 65.2 Å². The molecule has 1 saturated heterocycles. The zero-order chi connectivity index (χ0) is 22.6. The van der Waals surface area contributed by atoms with Crippen LogP contribution in [0.3, 0.4) is 0 Å². The first-order valence-electron chi connectivity index (χ1n) is 10.7. The molecule has 0 bridgehead atoms. The van der Waals surface area contributed by atoms with E-state index in [2.05, 4.69) is 17.1 Å². The Morgan fingerprint density at radius 2 is 1.94 bits per heavy atom. The predicted molar refractivity (Wildman–Crippen MR) is 120 cm³/mol. The largest absolute Gasteiger partial charge is 0.411 e. The number of likely N-dealkylation sites (tertiary alicyclic amines) is 1. The van der Waals surface area contributed by atoms with Crippen LogP contribution >= 0.6 is 11.8 Å². The molecule has 1 aliphatic rings. The van der Waals surface area contributed by atoms with Gasteiger partial charge in [0.25, 0.3) is 5.22 Å². The topological polar surface area (TPSA) is 96.6 Å². The molecule has 0 spiro atoms. The summed E-state index contributed by atoms with van der Waals surface area (Å²) in [5, 5.41) is 8.06. The number of thioether (sulfide) groups is 1. The zero-order valence-corrected chi connectivity index (χ0v) is 20.1. The first-order valence-corrected chi connectivity index (χ1v) is 13.0. The number of piperidine rings is 1. The normalized spacial score (nSPS) is 16.6. The Labute approximate surface area is 188 Å². The van der Waals surface area contributed by atoms with Crippen molar-refractivity contribution in [3.63, 3.8) is 0 Å². The lowest BCUT2D eigenvalue weighted by Gasteiger charge is -2.31. The van der Waals surface area contributed by atoms with Crippen molar-refractivity contribution in [3.8, 4) is 11.5 Å². The minimum absolute atomic E-state index is 0.0731. The van der Waals surface area contributed by atoms with Gasteiger partial charge in [-0.05, 0) is 43.9 Å². The third kappa shape index (κ3) is 5.48. The van der Waals surface area contributed by atoms with Gasteiger partial charge in [-0.1, -0.05) is 38.6 Å². The molecule has 0 saturated carbocycles. The van der Waals surface area contributed by atoms with Gasteiger partial charge in [-0.25, -0.2) is 8.42 Å². The SMILES string of the molecule is CCN(CC)S(=O)(=O)c1cccc(-c2nnc(SC(C)C(=O)N3CCC(C)CC3)o2)c1. The number of hydrogen-bond acceptors (Lipinski definition) is 7. The maximum atomic E-state index is 12.8. The predicted octanol–water partition coefficient (Wildman–Crippen LogP) is 3.51. The van der Waals surface area contributed by atoms with Gasteiger partial charge >= 0.3 is 0 Å². The quantitative estimate of drug-likeness (QED) is 0.549. The average Bonchev–Trinajstić information content (AvgIpc) is 3.23. The van der Waals surface area contributed by atoms with Crippen LogP contribution in [0.1, 0.15) is 40.5 Å². The molecule has 1 atom stereocenters. The van der Waals surface area contributed by atoms with Crippen molar-refractivity contribution in [1.82, 2.24) is 19.4 Å². The number of rotatable bonds is 8. The summed E-state index contributed by atoms with van der Waals surface area (Å²) in [7, 11) is -3.58. The zero-order valence-electron chi connectivity index (χ0n) is 18.4. The summed E-state index contributed by atoms with van der Waals surface area (Å²) >= 11 is 1.23. The fourth-order valence-corrected chi connectivity index (χ4v) is 5.84. The van der Waals surface area contributed by atoms with E-state index in [4.69, 9.17) is 4.42 Å². The van der Waals surface area contributed by atoms with E-state index in [0.717, 1.165) is 25.9 Å². The molecule has 1 unspecified atom stereocenters. The molecule has 1 fully saturated rings. The Kier molecular flexibility index (Phi) is 7.77. The van der Waals surface area contributed by atoms with E-state index in [-0.39, 0.29) is 21.9 Å². The smallest absolute Gasteiger partial charge is 0.277 e. The molecule has 2 heterocycles. The van der Waals surface area contributed by atoms with Crippen LogP contribution in [0.4, 0.5) is 0 Å². The van der Waals surface area contributed by atoms with E-state index in [1.54, 1.807) is 38.1 Å². The van der Waals surface area contributed by atoms with E-state index in [1.807, 2.05) is 11.8 Å². The highest BCUT2D eigenvalue weighted by Crippen LogP contribution is 2.29. The van der Waals surface area contributed by atoms with Crippen LogP contribution < -0.4 is 0 Å². The van der Waals surface area contributed by atoms with Crippen LogP contribution in [0.15, 0.2) is 38.8 Å². The Morgan fingerprint density at radius 1 is 1.26 bits per heavy atom. The van der Waals surface area contributed by atoms with Gasteiger partial charge in [-0.3, -0.25) is 4.79 Å². The van der Waals surface area contributed by atoms with Crippen LogP contribution in [0.2, 0.25) is 0 Å². The summed E-state index contributed by atoms with van der Waals surface area (Å²) < 4.78 is 32.7. The molecule has 0 N–H and O–H groups in total. The summed E-state index contributed by atoms with van der Waals surface area (Å²) in [5.41, 5.74) is 0.525. The van der Waals surface area contributed by atoms with Crippen molar-refractivity contribution >= 4 is 27.7 Å². The van der Waals surface area contributed by atoms with Gasteiger partial charge in [-0.15, -0.1) is 10.2 Å². The number of sulfonamides is 1. The lowest BCUT2D eigenvalue weighted by molar-refractivity contribution is -0.131. The minimum atomic E-state index is -3.58. The number of amides is 1. The fraction of sp³-hybridized carbons (Fsp3) is 0.571. The number of hydrogen-bond donors (Lipinski definition) is 0. The first kappa shape index (κ1) is 23.7. The molecular formula is C21H30N4O4S2. The van der Waals surface area contributed by atoms with Crippen molar-refractivity contribution < 1.29 is 17.6 Å². The van der Waals surface area contributed by atoms with E-state index >= 15 is 0 Å². The fourth-order valence-electron chi connectivity index (χ4n) is 3.56. The summed E-state index contributed by atoms with van der Waals surface area (Å²) in [6.07, 6.45) is 2.06. The molecule has 0 aliphatic carbocycles. The summed E-state index contributed by atoms with van der Waals surface area (Å²) in [6, 6.07) is 6.49. The number of carbonyl (C=O) groups excluding carboxylic acids is 1. The second-order valence-corrected chi connectivity index (χ2v) is 11.0. The van der Waals surface area contributed by atoms with Gasteiger partial charge < -0.3 is 9.32 Å². The van der Waals surface area contributed by atoms with Gasteiger partial charge in [0.15, 0.2) is 0 Å². The highest BCUT2D eigenvalue weighted by atomic mass is 32.2. The lowest BCUT2D eigenvalue weighted by atomic mass is 9.99. The van der Waals surface area contributed by atoms with Gasteiger partial charge in [0.05, 0.1) is 10.1 Å². The summed E-state index contributed by atoms with van der Waals surface area (Å²) in [4.78, 5) is 14.8. The molecule has 1 aromatic heterocycles. The Morgan fingerprint density at radius 3 is 2.58 bits per heavy atom. The Balaban J connectivity index is 1.72. The molecule has 1 aromatic carbocycles. The molecular weight excluding hydrogens is 436 g/mol. The Hall–Kier alpha value is -1.91. The van der Waals surface area contributed by atoms with Crippen LogP contribution in [0.5, 0.6) is 0 Å². The molecule has 1 amide bonds. The molecule has 1 aliphatic heterocycles. The minimum Gasteiger partial charge on any atom is -0.411 e. The number of carbonyl (C=O) groups is 1. The Bertz CT molecular complexity index is 996. The van der Waals surface area contributed by atoms with Crippen LogP contribution in [0, 0.1) is 5.92 Å². The highest BCUT2D eigenvalue weighted by Gasteiger charge is 2.27. The van der Waals surface area contributed by atoms with Crippen molar-refractivity contribution in [3.05, 3.63) is 24.3 Å². The first-order chi connectivity index (χ1) is 14.8. The summed E-state index contributed by atoms with van der Waals surface area (Å²) in [5.74, 6) is 0.960. The monoisotopic (exact) mass is 466 g/mol.